The van der Waals surface area contributed by atoms with Crippen LogP contribution in [0, 0.1) is 6.92 Å². The van der Waals surface area contributed by atoms with Gasteiger partial charge in [-0.1, -0.05) is 29.5 Å². The Morgan fingerprint density at radius 2 is 1.96 bits per heavy atom. The van der Waals surface area contributed by atoms with Crippen molar-refractivity contribution >= 4 is 5.91 Å². The lowest BCUT2D eigenvalue weighted by Gasteiger charge is -2.23. The molecule has 1 aromatic carbocycles. The number of benzene rings is 1. The first-order valence-electron chi connectivity index (χ1n) is 9.66. The highest BCUT2D eigenvalue weighted by molar-refractivity contribution is 5.93. The number of carbonyl (C=O) groups excluding carboxylic acids is 1. The Bertz CT molecular complexity index is 909. The highest BCUT2D eigenvalue weighted by atomic mass is 16.2. The topological polar surface area (TPSA) is 89.7 Å². The second-order valence-corrected chi connectivity index (χ2v) is 7.15. The summed E-state index contributed by atoms with van der Waals surface area (Å²) in [5, 5.41) is 18.9. The molecule has 0 radical (unpaired) electrons. The predicted octanol–water partition coefficient (Wildman–Crippen LogP) is 1.69. The van der Waals surface area contributed by atoms with Crippen molar-refractivity contribution < 1.29 is 4.79 Å². The van der Waals surface area contributed by atoms with Gasteiger partial charge < -0.3 is 10.6 Å². The van der Waals surface area contributed by atoms with Crippen molar-refractivity contribution in [1.29, 1.82) is 0 Å². The molecule has 3 aromatic rings. The Morgan fingerprint density at radius 3 is 2.68 bits per heavy atom. The smallest absolute Gasteiger partial charge is 0.274 e. The maximum absolute atomic E-state index is 12.6. The Kier molecular flexibility index (Phi) is 5.48. The van der Waals surface area contributed by atoms with Crippen LogP contribution in [0.4, 0.5) is 0 Å². The molecule has 1 aliphatic rings. The fourth-order valence-corrected chi connectivity index (χ4v) is 3.56. The third-order valence-electron chi connectivity index (χ3n) is 5.18. The average molecular weight is 379 g/mol. The molecule has 8 heteroatoms. The van der Waals surface area contributed by atoms with Crippen LogP contribution in [0.15, 0.2) is 42.7 Å². The molecule has 3 heterocycles. The molecule has 28 heavy (non-hydrogen) atoms. The first kappa shape index (κ1) is 18.4. The molecule has 0 saturated carbocycles. The van der Waals surface area contributed by atoms with E-state index in [0.717, 1.165) is 43.7 Å². The number of hydrogen-bond acceptors (Lipinski definition) is 5. The monoisotopic (exact) mass is 379 g/mol. The van der Waals surface area contributed by atoms with Gasteiger partial charge in [0.25, 0.3) is 5.91 Å². The van der Waals surface area contributed by atoms with Gasteiger partial charge in [0.1, 0.15) is 0 Å². The molecule has 0 aliphatic carbocycles. The minimum Gasteiger partial charge on any atom is -0.347 e. The van der Waals surface area contributed by atoms with Gasteiger partial charge in [-0.2, -0.15) is 5.10 Å². The molecule has 0 unspecified atom stereocenters. The number of piperidine rings is 1. The zero-order chi connectivity index (χ0) is 19.3. The second-order valence-electron chi connectivity index (χ2n) is 7.15. The summed E-state index contributed by atoms with van der Waals surface area (Å²) in [5.74, 6) is -0.182. The van der Waals surface area contributed by atoms with Gasteiger partial charge in [-0.3, -0.25) is 9.48 Å². The van der Waals surface area contributed by atoms with E-state index in [1.807, 2.05) is 40.7 Å². The fourth-order valence-electron chi connectivity index (χ4n) is 3.56. The summed E-state index contributed by atoms with van der Waals surface area (Å²) in [6.45, 7) is 5.06. The van der Waals surface area contributed by atoms with Crippen LogP contribution in [0.2, 0.25) is 0 Å². The number of amides is 1. The first-order chi connectivity index (χ1) is 13.7. The summed E-state index contributed by atoms with van der Waals surface area (Å²) in [4.78, 5) is 12.6. The van der Waals surface area contributed by atoms with Crippen LogP contribution in [0.25, 0.3) is 0 Å². The molecule has 8 nitrogen and oxygen atoms in total. The minimum atomic E-state index is -0.182. The van der Waals surface area contributed by atoms with Crippen molar-refractivity contribution in [3.05, 3.63) is 65.2 Å². The quantitative estimate of drug-likeness (QED) is 0.680. The fraction of sp³-hybridized carbons (Fsp3) is 0.400. The average Bonchev–Trinajstić information content (AvgIpc) is 3.37. The van der Waals surface area contributed by atoms with Crippen molar-refractivity contribution in [1.82, 2.24) is 35.4 Å². The van der Waals surface area contributed by atoms with Gasteiger partial charge in [0.05, 0.1) is 18.3 Å². The highest BCUT2D eigenvalue weighted by Crippen LogP contribution is 2.20. The lowest BCUT2D eigenvalue weighted by Crippen LogP contribution is -2.30. The van der Waals surface area contributed by atoms with Gasteiger partial charge in [0.2, 0.25) is 0 Å². The van der Waals surface area contributed by atoms with Crippen molar-refractivity contribution in [3.63, 3.8) is 0 Å². The van der Waals surface area contributed by atoms with E-state index in [1.165, 1.54) is 5.56 Å². The van der Waals surface area contributed by atoms with Crippen molar-refractivity contribution in [2.24, 2.45) is 0 Å². The Balaban J connectivity index is 1.34. The standard InChI is InChI=1S/C20H25N7O/c1-15-19(24-25-27(15)18-7-10-21-11-8-18)20(28)22-13-16-3-5-17(6-4-16)14-26-12-2-9-23-26/h2-6,9,12,18,21H,7-8,10-11,13-14H2,1H3,(H,22,28). The van der Waals surface area contributed by atoms with Gasteiger partial charge in [-0.05, 0) is 50.0 Å². The molecular weight excluding hydrogens is 354 g/mol. The van der Waals surface area contributed by atoms with Crippen molar-refractivity contribution in [2.45, 2.75) is 38.9 Å². The summed E-state index contributed by atoms with van der Waals surface area (Å²) in [6, 6.07) is 10.4. The molecule has 1 amide bonds. The number of nitrogens with zero attached hydrogens (tertiary/aromatic N) is 5. The lowest BCUT2D eigenvalue weighted by molar-refractivity contribution is 0.0945. The number of rotatable bonds is 6. The number of aromatic nitrogens is 5. The summed E-state index contributed by atoms with van der Waals surface area (Å²) in [6.07, 6.45) is 5.73. The summed E-state index contributed by atoms with van der Waals surface area (Å²) in [7, 11) is 0. The van der Waals surface area contributed by atoms with Crippen LogP contribution < -0.4 is 10.6 Å². The molecule has 1 fully saturated rings. The van der Waals surface area contributed by atoms with Crippen LogP contribution in [0.5, 0.6) is 0 Å². The van der Waals surface area contributed by atoms with E-state index < -0.39 is 0 Å². The van der Waals surface area contributed by atoms with Crippen LogP contribution >= 0.6 is 0 Å². The summed E-state index contributed by atoms with van der Waals surface area (Å²) in [5.41, 5.74) is 3.45. The summed E-state index contributed by atoms with van der Waals surface area (Å²) < 4.78 is 3.78. The molecule has 2 aromatic heterocycles. The molecule has 0 atom stereocenters. The van der Waals surface area contributed by atoms with Crippen LogP contribution in [0.1, 0.15) is 46.2 Å². The number of hydrogen-bond donors (Lipinski definition) is 2. The van der Waals surface area contributed by atoms with Crippen molar-refractivity contribution in [2.75, 3.05) is 13.1 Å². The van der Waals surface area contributed by atoms with Crippen LogP contribution in [-0.4, -0.2) is 43.8 Å². The molecule has 1 saturated heterocycles. The van der Waals surface area contributed by atoms with E-state index in [9.17, 15) is 4.79 Å². The first-order valence-corrected chi connectivity index (χ1v) is 9.66. The predicted molar refractivity (Wildman–Crippen MR) is 105 cm³/mol. The van der Waals surface area contributed by atoms with Gasteiger partial charge in [0.15, 0.2) is 5.69 Å². The molecule has 2 N–H and O–H groups in total. The zero-order valence-electron chi connectivity index (χ0n) is 16.0. The minimum absolute atomic E-state index is 0.182. The van der Waals surface area contributed by atoms with Crippen molar-refractivity contribution in [3.8, 4) is 0 Å². The molecule has 0 bridgehead atoms. The van der Waals surface area contributed by atoms with E-state index in [0.29, 0.717) is 18.3 Å². The van der Waals surface area contributed by atoms with Gasteiger partial charge >= 0.3 is 0 Å². The van der Waals surface area contributed by atoms with E-state index in [-0.39, 0.29) is 5.91 Å². The number of nitrogens with one attached hydrogen (secondary N) is 2. The molecule has 0 spiro atoms. The molecule has 146 valence electrons. The summed E-state index contributed by atoms with van der Waals surface area (Å²) >= 11 is 0. The van der Waals surface area contributed by atoms with E-state index in [4.69, 9.17) is 0 Å². The van der Waals surface area contributed by atoms with E-state index in [2.05, 4.69) is 38.2 Å². The SMILES string of the molecule is Cc1c(C(=O)NCc2ccc(Cn3cccn3)cc2)nnn1C1CCNCC1. The van der Waals surface area contributed by atoms with E-state index in [1.54, 1.807) is 6.20 Å². The maximum Gasteiger partial charge on any atom is 0.274 e. The largest absolute Gasteiger partial charge is 0.347 e. The third-order valence-corrected chi connectivity index (χ3v) is 5.18. The molecule has 4 rings (SSSR count). The zero-order valence-corrected chi connectivity index (χ0v) is 16.0. The molecule has 1 aliphatic heterocycles. The highest BCUT2D eigenvalue weighted by Gasteiger charge is 2.22. The molecular formula is C20H25N7O. The normalized spacial score (nSPS) is 14.9. The Labute approximate surface area is 163 Å². The van der Waals surface area contributed by atoms with Gasteiger partial charge in [-0.25, -0.2) is 4.68 Å². The number of carbonyl (C=O) groups is 1. The lowest BCUT2D eigenvalue weighted by atomic mass is 10.1. The van der Waals surface area contributed by atoms with Gasteiger partial charge in [-0.15, -0.1) is 5.10 Å². The van der Waals surface area contributed by atoms with Gasteiger partial charge in [0, 0.05) is 18.9 Å². The Morgan fingerprint density at radius 1 is 1.21 bits per heavy atom. The Hall–Kier alpha value is -3.00. The van der Waals surface area contributed by atoms with Crippen LogP contribution in [-0.2, 0) is 13.1 Å². The van der Waals surface area contributed by atoms with E-state index >= 15 is 0 Å². The third kappa shape index (κ3) is 4.12. The van der Waals surface area contributed by atoms with Crippen LogP contribution in [0.3, 0.4) is 0 Å². The maximum atomic E-state index is 12.6. The second kappa shape index (κ2) is 8.35.